The van der Waals surface area contributed by atoms with Gasteiger partial charge < -0.3 is 20.3 Å². The van der Waals surface area contributed by atoms with Crippen LogP contribution in [0.1, 0.15) is 16.8 Å². The quantitative estimate of drug-likeness (QED) is 0.440. The summed E-state index contributed by atoms with van der Waals surface area (Å²) in [7, 11) is 1.50. The number of esters is 1. The second kappa shape index (κ2) is 5.97. The number of carbonyl (C=O) groups is 1. The van der Waals surface area contributed by atoms with Gasteiger partial charge in [-0.3, -0.25) is 0 Å². The van der Waals surface area contributed by atoms with E-state index in [-0.39, 0.29) is 13.2 Å². The molecule has 0 radical (unpaired) electrons. The monoisotopic (exact) mass is 225 g/mol. The molecule has 88 valence electrons. The number of methoxy groups -OCH3 is 1. The van der Waals surface area contributed by atoms with Gasteiger partial charge >= 0.3 is 5.97 Å². The molecule has 0 aliphatic heterocycles. The van der Waals surface area contributed by atoms with Crippen LogP contribution in [0.25, 0.3) is 0 Å². The van der Waals surface area contributed by atoms with Crippen LogP contribution in [0.2, 0.25) is 0 Å². The molecule has 0 aliphatic rings. The first-order valence-electron chi connectivity index (χ1n) is 4.90. The van der Waals surface area contributed by atoms with E-state index in [4.69, 9.17) is 20.3 Å². The van der Waals surface area contributed by atoms with Gasteiger partial charge in [-0.1, -0.05) is 0 Å². The van der Waals surface area contributed by atoms with E-state index in [0.29, 0.717) is 23.4 Å². The molecule has 1 aromatic carbocycles. The molecule has 0 heterocycles. The van der Waals surface area contributed by atoms with E-state index in [9.17, 15) is 4.79 Å². The van der Waals surface area contributed by atoms with Crippen molar-refractivity contribution < 1.29 is 19.4 Å². The molecule has 0 amide bonds. The highest BCUT2D eigenvalue weighted by atomic mass is 16.5. The van der Waals surface area contributed by atoms with Gasteiger partial charge in [-0.05, 0) is 12.1 Å². The Bertz CT molecular complexity index is 365. The number of nitrogens with two attached hydrogens (primary N) is 1. The largest absolute Gasteiger partial charge is 0.497 e. The fourth-order valence-electron chi connectivity index (χ4n) is 1.17. The Labute approximate surface area is 93.8 Å². The minimum Gasteiger partial charge on any atom is -0.497 e. The summed E-state index contributed by atoms with van der Waals surface area (Å²) in [5.41, 5.74) is 6.38. The Morgan fingerprint density at radius 2 is 2.19 bits per heavy atom. The maximum Gasteiger partial charge on any atom is 0.338 e. The zero-order valence-electron chi connectivity index (χ0n) is 9.10. The number of ether oxygens (including phenoxy) is 2. The van der Waals surface area contributed by atoms with Gasteiger partial charge in [-0.2, -0.15) is 0 Å². The summed E-state index contributed by atoms with van der Waals surface area (Å²) in [5, 5.41) is 8.54. The minimum atomic E-state index is -0.473. The summed E-state index contributed by atoms with van der Waals surface area (Å²) in [6, 6.07) is 4.69. The first-order chi connectivity index (χ1) is 7.67. The number of carbonyl (C=O) groups excluding carboxylic acids is 1. The molecule has 5 nitrogen and oxygen atoms in total. The molecule has 0 bridgehead atoms. The Morgan fingerprint density at radius 1 is 1.44 bits per heavy atom. The summed E-state index contributed by atoms with van der Waals surface area (Å²) >= 11 is 0. The third kappa shape index (κ3) is 3.43. The van der Waals surface area contributed by atoms with E-state index < -0.39 is 5.97 Å². The fraction of sp³-hybridized carbons (Fsp3) is 0.364. The first-order valence-corrected chi connectivity index (χ1v) is 4.90. The molecule has 0 aromatic heterocycles. The van der Waals surface area contributed by atoms with E-state index in [1.807, 2.05) is 0 Å². The average molecular weight is 225 g/mol. The topological polar surface area (TPSA) is 81.8 Å². The van der Waals surface area contributed by atoms with Gasteiger partial charge in [0.2, 0.25) is 0 Å². The number of benzene rings is 1. The number of hydrogen-bond acceptors (Lipinski definition) is 5. The van der Waals surface area contributed by atoms with Crippen molar-refractivity contribution in [1.82, 2.24) is 0 Å². The van der Waals surface area contributed by atoms with E-state index >= 15 is 0 Å². The van der Waals surface area contributed by atoms with Crippen LogP contribution in [0.5, 0.6) is 5.75 Å². The molecular formula is C11H15NO4. The SMILES string of the molecule is COc1cc(N)cc(C(=O)OCCCO)c1. The van der Waals surface area contributed by atoms with Crippen LogP contribution in [0.15, 0.2) is 18.2 Å². The Balaban J connectivity index is 2.71. The number of nitrogen functional groups attached to an aromatic ring is 1. The van der Waals surface area contributed by atoms with E-state index in [0.717, 1.165) is 0 Å². The Morgan fingerprint density at radius 3 is 2.81 bits per heavy atom. The fourth-order valence-corrected chi connectivity index (χ4v) is 1.17. The number of anilines is 1. The summed E-state index contributed by atoms with van der Waals surface area (Å²) in [6.07, 6.45) is 0.422. The molecular weight excluding hydrogens is 210 g/mol. The van der Waals surface area contributed by atoms with Gasteiger partial charge in [0.25, 0.3) is 0 Å². The molecule has 0 unspecified atom stereocenters. The van der Waals surface area contributed by atoms with Gasteiger partial charge in [0.05, 0.1) is 19.3 Å². The Kier molecular flexibility index (Phi) is 4.60. The lowest BCUT2D eigenvalue weighted by Crippen LogP contribution is -2.08. The van der Waals surface area contributed by atoms with Crippen molar-refractivity contribution in [2.24, 2.45) is 0 Å². The third-order valence-electron chi connectivity index (χ3n) is 1.94. The van der Waals surface area contributed by atoms with Gasteiger partial charge in [0.1, 0.15) is 5.75 Å². The maximum atomic E-state index is 11.5. The molecule has 16 heavy (non-hydrogen) atoms. The molecule has 3 N–H and O–H groups in total. The van der Waals surface area contributed by atoms with Crippen LogP contribution in [-0.2, 0) is 4.74 Å². The smallest absolute Gasteiger partial charge is 0.338 e. The summed E-state index contributed by atoms with van der Waals surface area (Å²) in [6.45, 7) is 0.181. The van der Waals surface area contributed by atoms with Crippen LogP contribution in [0.4, 0.5) is 5.69 Å². The third-order valence-corrected chi connectivity index (χ3v) is 1.94. The highest BCUT2D eigenvalue weighted by Crippen LogP contribution is 2.19. The predicted molar refractivity (Wildman–Crippen MR) is 59.4 cm³/mol. The molecule has 0 spiro atoms. The predicted octanol–water partition coefficient (Wildman–Crippen LogP) is 0.817. The Hall–Kier alpha value is -1.75. The van der Waals surface area contributed by atoms with Crippen molar-refractivity contribution in [3.63, 3.8) is 0 Å². The van der Waals surface area contributed by atoms with E-state index in [2.05, 4.69) is 0 Å². The molecule has 0 atom stereocenters. The van der Waals surface area contributed by atoms with Crippen molar-refractivity contribution in [3.05, 3.63) is 23.8 Å². The maximum absolute atomic E-state index is 11.5. The van der Waals surface area contributed by atoms with Gasteiger partial charge in [0, 0.05) is 24.8 Å². The summed E-state index contributed by atoms with van der Waals surface area (Å²) < 4.78 is 9.90. The van der Waals surface area contributed by atoms with Crippen molar-refractivity contribution in [1.29, 1.82) is 0 Å². The zero-order chi connectivity index (χ0) is 12.0. The normalized spacial score (nSPS) is 9.88. The second-order valence-corrected chi connectivity index (χ2v) is 3.21. The van der Waals surface area contributed by atoms with Crippen molar-refractivity contribution in [3.8, 4) is 5.75 Å². The van der Waals surface area contributed by atoms with Crippen LogP contribution in [-0.4, -0.2) is 31.4 Å². The molecule has 0 saturated carbocycles. The lowest BCUT2D eigenvalue weighted by atomic mass is 10.2. The van der Waals surface area contributed by atoms with Gasteiger partial charge in [0.15, 0.2) is 0 Å². The second-order valence-electron chi connectivity index (χ2n) is 3.21. The lowest BCUT2D eigenvalue weighted by molar-refractivity contribution is 0.0482. The highest BCUT2D eigenvalue weighted by Gasteiger charge is 2.09. The summed E-state index contributed by atoms with van der Waals surface area (Å²) in [5.74, 6) is 0.0353. The first kappa shape index (κ1) is 12.3. The van der Waals surface area contributed by atoms with Crippen LogP contribution >= 0.6 is 0 Å². The van der Waals surface area contributed by atoms with Crippen molar-refractivity contribution in [2.45, 2.75) is 6.42 Å². The lowest BCUT2D eigenvalue weighted by Gasteiger charge is -2.06. The number of aliphatic hydroxyl groups is 1. The number of rotatable bonds is 5. The molecule has 0 fully saturated rings. The molecule has 0 saturated heterocycles. The van der Waals surface area contributed by atoms with Crippen LogP contribution < -0.4 is 10.5 Å². The van der Waals surface area contributed by atoms with Crippen molar-refractivity contribution in [2.75, 3.05) is 26.1 Å². The van der Waals surface area contributed by atoms with Crippen LogP contribution in [0, 0.1) is 0 Å². The van der Waals surface area contributed by atoms with Crippen LogP contribution in [0.3, 0.4) is 0 Å². The molecule has 5 heteroatoms. The average Bonchev–Trinajstić information content (AvgIpc) is 2.28. The van der Waals surface area contributed by atoms with Gasteiger partial charge in [-0.25, -0.2) is 4.79 Å². The standard InChI is InChI=1S/C11H15NO4/c1-15-10-6-8(5-9(12)7-10)11(14)16-4-2-3-13/h5-7,13H,2-4,12H2,1H3. The minimum absolute atomic E-state index is 0.00642. The number of hydrogen-bond donors (Lipinski definition) is 2. The van der Waals surface area contributed by atoms with Gasteiger partial charge in [-0.15, -0.1) is 0 Å². The summed E-state index contributed by atoms with van der Waals surface area (Å²) in [4.78, 5) is 11.5. The van der Waals surface area contributed by atoms with Crippen molar-refractivity contribution >= 4 is 11.7 Å². The zero-order valence-corrected chi connectivity index (χ0v) is 9.10. The van der Waals surface area contributed by atoms with E-state index in [1.165, 1.54) is 13.2 Å². The molecule has 1 rings (SSSR count). The molecule has 1 aromatic rings. The number of aliphatic hydroxyl groups excluding tert-OH is 1. The highest BCUT2D eigenvalue weighted by molar-refractivity contribution is 5.91. The van der Waals surface area contributed by atoms with E-state index in [1.54, 1.807) is 12.1 Å². The molecule has 0 aliphatic carbocycles.